The Kier molecular flexibility index (Phi) is 6.27. The van der Waals surface area contributed by atoms with Gasteiger partial charge < -0.3 is 14.2 Å². The second-order valence-electron chi connectivity index (χ2n) is 7.77. The van der Waals surface area contributed by atoms with Crippen LogP contribution in [0.1, 0.15) is 35.8 Å². The molecule has 0 aromatic heterocycles. The Morgan fingerprint density at radius 1 is 1.19 bits per heavy atom. The van der Waals surface area contributed by atoms with Gasteiger partial charge in [-0.3, -0.25) is 4.79 Å². The molecule has 2 aromatic carbocycles. The summed E-state index contributed by atoms with van der Waals surface area (Å²) in [6.45, 7) is 0.616. The van der Waals surface area contributed by atoms with Crippen LogP contribution in [0, 0.1) is 11.7 Å². The van der Waals surface area contributed by atoms with Gasteiger partial charge in [-0.1, -0.05) is 30.3 Å². The summed E-state index contributed by atoms with van der Waals surface area (Å²) in [6, 6.07) is 12.0. The van der Waals surface area contributed by atoms with E-state index in [9.17, 15) is 17.6 Å². The van der Waals surface area contributed by atoms with E-state index in [2.05, 4.69) is 0 Å². The summed E-state index contributed by atoms with van der Waals surface area (Å²) in [5, 5.41) is 0. The molecular weight excluding hydrogens is 425 g/mol. The minimum absolute atomic E-state index is 0.132. The maximum Gasteiger partial charge on any atom is 0.309 e. The van der Waals surface area contributed by atoms with E-state index in [0.717, 1.165) is 11.8 Å². The van der Waals surface area contributed by atoms with Gasteiger partial charge in [0.25, 0.3) is 0 Å². The molecule has 0 amide bonds. The fraction of sp³-hybridized carbons (Fsp3) is 0.409. The topological polar surface area (TPSA) is 82.1 Å². The smallest absolute Gasteiger partial charge is 0.309 e. The number of halogens is 1. The van der Waals surface area contributed by atoms with Crippen molar-refractivity contribution in [3.63, 3.8) is 0 Å². The van der Waals surface area contributed by atoms with Crippen LogP contribution in [0.4, 0.5) is 4.39 Å². The van der Waals surface area contributed by atoms with Gasteiger partial charge in [-0.05, 0) is 25.0 Å². The minimum atomic E-state index is -3.26. The Morgan fingerprint density at radius 3 is 2.58 bits per heavy atom. The van der Waals surface area contributed by atoms with Crippen molar-refractivity contribution in [1.82, 2.24) is 4.31 Å². The van der Waals surface area contributed by atoms with Crippen LogP contribution in [0.5, 0.6) is 5.75 Å². The molecular formula is C22H24FNO6S. The predicted octanol–water partition coefficient (Wildman–Crippen LogP) is 3.15. The van der Waals surface area contributed by atoms with Crippen molar-refractivity contribution in [3.8, 4) is 5.75 Å². The zero-order chi connectivity index (χ0) is 22.0. The fourth-order valence-electron chi connectivity index (χ4n) is 3.85. The Bertz CT molecular complexity index is 1050. The minimum Gasteiger partial charge on any atom is -0.460 e. The quantitative estimate of drug-likeness (QED) is 0.653. The third-order valence-corrected chi connectivity index (χ3v) is 6.82. The van der Waals surface area contributed by atoms with Crippen molar-refractivity contribution in [2.24, 2.45) is 5.92 Å². The SMILES string of the molecule is CS(=O)(=O)N1CCC(C(=O)OCc2cc(F)cc3c2O[C@H](c2ccccc2)OC3)CC1. The first-order valence-electron chi connectivity index (χ1n) is 10.1. The van der Waals surface area contributed by atoms with Crippen LogP contribution in [-0.4, -0.2) is 38.0 Å². The molecule has 2 aliphatic rings. The van der Waals surface area contributed by atoms with Gasteiger partial charge >= 0.3 is 5.97 Å². The molecule has 0 N–H and O–H groups in total. The number of carbonyl (C=O) groups excluding carboxylic acids is 1. The lowest BCUT2D eigenvalue weighted by molar-refractivity contribution is -0.151. The number of piperidine rings is 1. The number of nitrogens with zero attached hydrogens (tertiary/aromatic N) is 1. The van der Waals surface area contributed by atoms with Crippen LogP contribution in [-0.2, 0) is 37.5 Å². The summed E-state index contributed by atoms with van der Waals surface area (Å²) in [5.74, 6) is -0.806. The molecule has 31 heavy (non-hydrogen) atoms. The average molecular weight is 450 g/mol. The molecule has 0 saturated carbocycles. The third kappa shape index (κ3) is 5.06. The number of hydrogen-bond donors (Lipinski definition) is 0. The van der Waals surface area contributed by atoms with E-state index >= 15 is 0 Å². The normalized spacial score (nSPS) is 20.0. The maximum atomic E-state index is 14.1. The van der Waals surface area contributed by atoms with E-state index in [1.165, 1.54) is 16.4 Å². The van der Waals surface area contributed by atoms with Crippen molar-refractivity contribution in [3.05, 3.63) is 65.0 Å². The molecule has 1 fully saturated rings. The van der Waals surface area contributed by atoms with E-state index in [1.807, 2.05) is 30.3 Å². The van der Waals surface area contributed by atoms with Crippen LogP contribution in [0.15, 0.2) is 42.5 Å². The maximum absolute atomic E-state index is 14.1. The first kappa shape index (κ1) is 21.7. The molecule has 0 radical (unpaired) electrons. The lowest BCUT2D eigenvalue weighted by Gasteiger charge is -2.30. The predicted molar refractivity (Wildman–Crippen MR) is 110 cm³/mol. The highest BCUT2D eigenvalue weighted by molar-refractivity contribution is 7.88. The number of fused-ring (bicyclic) bond motifs is 1. The molecule has 4 rings (SSSR count). The van der Waals surface area contributed by atoms with E-state index in [1.54, 1.807) is 0 Å². The molecule has 166 valence electrons. The molecule has 0 unspecified atom stereocenters. The zero-order valence-electron chi connectivity index (χ0n) is 17.1. The molecule has 9 heteroatoms. The van der Waals surface area contributed by atoms with Gasteiger partial charge in [-0.15, -0.1) is 0 Å². The van der Waals surface area contributed by atoms with Crippen LogP contribution in [0.3, 0.4) is 0 Å². The van der Waals surface area contributed by atoms with Gasteiger partial charge in [0.15, 0.2) is 0 Å². The second-order valence-corrected chi connectivity index (χ2v) is 9.75. The zero-order valence-corrected chi connectivity index (χ0v) is 17.9. The first-order valence-corrected chi connectivity index (χ1v) is 11.9. The lowest BCUT2D eigenvalue weighted by Crippen LogP contribution is -2.40. The van der Waals surface area contributed by atoms with Crippen LogP contribution < -0.4 is 4.74 Å². The Labute approximate surface area is 180 Å². The Balaban J connectivity index is 1.43. The number of benzene rings is 2. The standard InChI is InChI=1S/C22H24FNO6S/c1-31(26,27)24-9-7-15(8-10-24)21(25)28-13-17-11-19(23)12-18-14-29-22(30-20(17)18)16-5-3-2-4-6-16/h2-6,11-12,15,22H,7-10,13-14H2,1H3/t22-/m1/s1. The summed E-state index contributed by atoms with van der Waals surface area (Å²) in [6.07, 6.45) is 1.32. The number of rotatable bonds is 5. The van der Waals surface area contributed by atoms with Gasteiger partial charge in [0, 0.05) is 29.8 Å². The molecule has 0 bridgehead atoms. The van der Waals surface area contributed by atoms with E-state index in [4.69, 9.17) is 14.2 Å². The van der Waals surface area contributed by atoms with Gasteiger partial charge in [-0.2, -0.15) is 0 Å². The molecule has 2 aromatic rings. The molecule has 0 spiro atoms. The summed E-state index contributed by atoms with van der Waals surface area (Å²) in [5.41, 5.74) is 1.82. The number of sulfonamides is 1. The highest BCUT2D eigenvalue weighted by atomic mass is 32.2. The van der Waals surface area contributed by atoms with Gasteiger partial charge in [-0.25, -0.2) is 17.1 Å². The van der Waals surface area contributed by atoms with E-state index in [-0.39, 0.29) is 32.2 Å². The molecule has 1 atom stereocenters. The number of esters is 1. The van der Waals surface area contributed by atoms with Crippen molar-refractivity contribution >= 4 is 16.0 Å². The van der Waals surface area contributed by atoms with Crippen LogP contribution in [0.25, 0.3) is 0 Å². The fourth-order valence-corrected chi connectivity index (χ4v) is 4.72. The first-order chi connectivity index (χ1) is 14.8. The lowest BCUT2D eigenvalue weighted by atomic mass is 9.98. The highest BCUT2D eigenvalue weighted by Crippen LogP contribution is 2.37. The van der Waals surface area contributed by atoms with E-state index in [0.29, 0.717) is 29.7 Å². The largest absolute Gasteiger partial charge is 0.460 e. The highest BCUT2D eigenvalue weighted by Gasteiger charge is 2.31. The summed E-state index contributed by atoms with van der Waals surface area (Å²) in [4.78, 5) is 12.5. The summed E-state index contributed by atoms with van der Waals surface area (Å²) >= 11 is 0. The average Bonchev–Trinajstić information content (AvgIpc) is 2.77. The molecule has 2 heterocycles. The number of hydrogen-bond acceptors (Lipinski definition) is 6. The van der Waals surface area contributed by atoms with Crippen molar-refractivity contribution in [2.75, 3.05) is 19.3 Å². The summed E-state index contributed by atoms with van der Waals surface area (Å²) < 4.78 is 55.8. The van der Waals surface area contributed by atoms with Crippen molar-refractivity contribution in [2.45, 2.75) is 32.3 Å². The van der Waals surface area contributed by atoms with Crippen molar-refractivity contribution in [1.29, 1.82) is 0 Å². The molecule has 1 saturated heterocycles. The monoisotopic (exact) mass is 449 g/mol. The molecule has 2 aliphatic heterocycles. The van der Waals surface area contributed by atoms with Gasteiger partial charge in [0.1, 0.15) is 18.2 Å². The Morgan fingerprint density at radius 2 is 1.90 bits per heavy atom. The van der Waals surface area contributed by atoms with Gasteiger partial charge in [0.05, 0.1) is 18.8 Å². The van der Waals surface area contributed by atoms with Crippen LogP contribution in [0.2, 0.25) is 0 Å². The number of ether oxygens (including phenoxy) is 3. The molecule has 0 aliphatic carbocycles. The number of carbonyl (C=O) groups is 1. The summed E-state index contributed by atoms with van der Waals surface area (Å²) in [7, 11) is -3.26. The Hall–Kier alpha value is -2.49. The van der Waals surface area contributed by atoms with Crippen LogP contribution >= 0.6 is 0 Å². The second kappa shape index (κ2) is 8.94. The third-order valence-electron chi connectivity index (χ3n) is 5.52. The molecule has 7 nitrogen and oxygen atoms in total. The van der Waals surface area contributed by atoms with Crippen molar-refractivity contribution < 1.29 is 31.8 Å². The van der Waals surface area contributed by atoms with Gasteiger partial charge in [0.2, 0.25) is 16.3 Å². The van der Waals surface area contributed by atoms with E-state index < -0.39 is 28.1 Å².